The van der Waals surface area contributed by atoms with Crippen LogP contribution >= 0.6 is 11.8 Å². The zero-order valence-electron chi connectivity index (χ0n) is 11.2. The molecule has 0 atom stereocenters. The highest BCUT2D eigenvalue weighted by Crippen LogP contribution is 2.32. The van der Waals surface area contributed by atoms with E-state index in [1.54, 1.807) is 23.9 Å². The molecule has 5 nitrogen and oxygen atoms in total. The van der Waals surface area contributed by atoms with Crippen LogP contribution in [0.2, 0.25) is 0 Å². The summed E-state index contributed by atoms with van der Waals surface area (Å²) in [7, 11) is 0. The third kappa shape index (κ3) is 4.25. The van der Waals surface area contributed by atoms with Crippen LogP contribution in [0.3, 0.4) is 0 Å². The zero-order chi connectivity index (χ0) is 15.2. The number of nitrogens with zero attached hydrogens (tertiary/aromatic N) is 1. The van der Waals surface area contributed by atoms with Gasteiger partial charge in [-0.1, -0.05) is 30.3 Å². The number of guanidine groups is 1. The lowest BCUT2D eigenvalue weighted by molar-refractivity contribution is 0.0697. The molecule has 0 aliphatic heterocycles. The molecule has 0 aromatic heterocycles. The molecule has 0 amide bonds. The molecule has 0 saturated heterocycles. The zero-order valence-corrected chi connectivity index (χ0v) is 12.0. The van der Waals surface area contributed by atoms with E-state index in [1.165, 1.54) is 11.6 Å². The molecule has 0 heterocycles. The minimum atomic E-state index is -1.01. The normalized spacial score (nSPS) is 10.1. The minimum Gasteiger partial charge on any atom is -0.478 e. The maximum Gasteiger partial charge on any atom is 0.335 e. The molecule has 108 valence electrons. The Bertz CT molecular complexity index is 668. The molecule has 0 unspecified atom stereocenters. The molecule has 2 rings (SSSR count). The predicted octanol–water partition coefficient (Wildman–Crippen LogP) is 2.58. The van der Waals surface area contributed by atoms with Crippen molar-refractivity contribution in [2.75, 3.05) is 0 Å². The van der Waals surface area contributed by atoms with Crippen LogP contribution in [0.25, 0.3) is 0 Å². The van der Waals surface area contributed by atoms with Crippen LogP contribution in [-0.4, -0.2) is 17.0 Å². The molecule has 5 N–H and O–H groups in total. The van der Waals surface area contributed by atoms with Crippen LogP contribution in [0, 0.1) is 0 Å². The molecule has 21 heavy (non-hydrogen) atoms. The Hall–Kier alpha value is -2.47. The SMILES string of the molecule is NC(N)=Nc1cc(C(=O)O)ccc1SCc1ccccc1. The Morgan fingerprint density at radius 3 is 2.48 bits per heavy atom. The molecular weight excluding hydrogens is 286 g/mol. The Balaban J connectivity index is 2.25. The second-order valence-electron chi connectivity index (χ2n) is 4.30. The number of benzene rings is 2. The van der Waals surface area contributed by atoms with E-state index in [0.717, 1.165) is 10.6 Å². The summed E-state index contributed by atoms with van der Waals surface area (Å²) in [4.78, 5) is 15.8. The highest BCUT2D eigenvalue weighted by atomic mass is 32.2. The van der Waals surface area contributed by atoms with Gasteiger partial charge in [-0.05, 0) is 23.8 Å². The van der Waals surface area contributed by atoms with E-state index in [9.17, 15) is 4.79 Å². The van der Waals surface area contributed by atoms with Gasteiger partial charge in [-0.15, -0.1) is 11.8 Å². The summed E-state index contributed by atoms with van der Waals surface area (Å²) in [5, 5.41) is 9.02. The van der Waals surface area contributed by atoms with Gasteiger partial charge in [0.05, 0.1) is 11.3 Å². The average molecular weight is 301 g/mol. The quantitative estimate of drug-likeness (QED) is 0.447. The van der Waals surface area contributed by atoms with Gasteiger partial charge >= 0.3 is 5.97 Å². The van der Waals surface area contributed by atoms with Crippen molar-refractivity contribution in [1.82, 2.24) is 0 Å². The first-order valence-corrected chi connectivity index (χ1v) is 7.18. The standard InChI is InChI=1S/C15H15N3O2S/c16-15(17)18-12-8-11(14(19)20)6-7-13(12)21-9-10-4-2-1-3-5-10/h1-8H,9H2,(H,19,20)(H4,16,17,18). The Kier molecular flexibility index (Phi) is 4.84. The first-order valence-electron chi connectivity index (χ1n) is 6.20. The lowest BCUT2D eigenvalue weighted by Gasteiger charge is -2.07. The smallest absolute Gasteiger partial charge is 0.335 e. The monoisotopic (exact) mass is 301 g/mol. The molecule has 0 aliphatic rings. The summed E-state index contributed by atoms with van der Waals surface area (Å²) in [5.41, 5.74) is 12.6. The van der Waals surface area contributed by atoms with E-state index in [1.807, 2.05) is 30.3 Å². The molecular formula is C15H15N3O2S. The summed E-state index contributed by atoms with van der Waals surface area (Å²) >= 11 is 1.55. The van der Waals surface area contributed by atoms with Crippen LogP contribution in [-0.2, 0) is 5.75 Å². The van der Waals surface area contributed by atoms with Gasteiger partial charge < -0.3 is 16.6 Å². The van der Waals surface area contributed by atoms with Gasteiger partial charge in [0.25, 0.3) is 0 Å². The number of thioether (sulfide) groups is 1. The Labute approximate surface area is 126 Å². The number of aliphatic imine (C=N–C) groups is 1. The molecule has 0 radical (unpaired) electrons. The van der Waals surface area contributed by atoms with Crippen molar-refractivity contribution in [2.45, 2.75) is 10.6 Å². The molecule has 0 saturated carbocycles. The molecule has 6 heteroatoms. The van der Waals surface area contributed by atoms with E-state index in [-0.39, 0.29) is 11.5 Å². The molecule has 0 bridgehead atoms. The van der Waals surface area contributed by atoms with Gasteiger partial charge in [-0.25, -0.2) is 9.79 Å². The van der Waals surface area contributed by atoms with Crippen LogP contribution in [0.15, 0.2) is 58.4 Å². The number of carbonyl (C=O) groups is 1. The van der Waals surface area contributed by atoms with E-state index in [2.05, 4.69) is 4.99 Å². The lowest BCUT2D eigenvalue weighted by atomic mass is 10.2. The van der Waals surface area contributed by atoms with Crippen molar-refractivity contribution >= 4 is 29.4 Å². The number of carboxylic acids is 1. The summed E-state index contributed by atoms with van der Waals surface area (Å²) < 4.78 is 0. The molecule has 0 spiro atoms. The maximum absolute atomic E-state index is 11.0. The summed E-state index contributed by atoms with van der Waals surface area (Å²) in [5.74, 6) is -0.360. The fraction of sp³-hybridized carbons (Fsp3) is 0.0667. The van der Waals surface area contributed by atoms with Crippen molar-refractivity contribution in [2.24, 2.45) is 16.5 Å². The number of rotatable bonds is 5. The van der Waals surface area contributed by atoms with Crippen molar-refractivity contribution in [3.05, 3.63) is 59.7 Å². The topological polar surface area (TPSA) is 102 Å². The second-order valence-corrected chi connectivity index (χ2v) is 5.32. The summed E-state index contributed by atoms with van der Waals surface area (Å²) in [6.45, 7) is 0. The largest absolute Gasteiger partial charge is 0.478 e. The second kappa shape index (κ2) is 6.81. The van der Waals surface area contributed by atoms with Crippen molar-refractivity contribution < 1.29 is 9.90 Å². The van der Waals surface area contributed by atoms with Gasteiger partial charge in [0, 0.05) is 10.6 Å². The van der Waals surface area contributed by atoms with Crippen molar-refractivity contribution in [1.29, 1.82) is 0 Å². The van der Waals surface area contributed by atoms with Crippen molar-refractivity contribution in [3.8, 4) is 0 Å². The van der Waals surface area contributed by atoms with Crippen LogP contribution in [0.1, 0.15) is 15.9 Å². The van der Waals surface area contributed by atoms with Crippen LogP contribution in [0.5, 0.6) is 0 Å². The van der Waals surface area contributed by atoms with Gasteiger partial charge in [0.1, 0.15) is 0 Å². The third-order valence-corrected chi connectivity index (χ3v) is 3.83. The van der Waals surface area contributed by atoms with E-state index in [4.69, 9.17) is 16.6 Å². The number of hydrogen-bond donors (Lipinski definition) is 3. The lowest BCUT2D eigenvalue weighted by Crippen LogP contribution is -2.22. The summed E-state index contributed by atoms with van der Waals surface area (Å²) in [6.07, 6.45) is 0. The first kappa shape index (κ1) is 14.9. The third-order valence-electron chi connectivity index (χ3n) is 2.69. The highest BCUT2D eigenvalue weighted by Gasteiger charge is 2.09. The van der Waals surface area contributed by atoms with E-state index < -0.39 is 5.97 Å². The molecule has 2 aromatic rings. The first-order chi connectivity index (χ1) is 10.1. The molecule has 0 fully saturated rings. The summed E-state index contributed by atoms with van der Waals surface area (Å²) in [6, 6.07) is 14.7. The highest BCUT2D eigenvalue weighted by molar-refractivity contribution is 7.98. The van der Waals surface area contributed by atoms with Gasteiger partial charge in [-0.3, -0.25) is 0 Å². The van der Waals surface area contributed by atoms with Crippen molar-refractivity contribution in [3.63, 3.8) is 0 Å². The maximum atomic E-state index is 11.0. The Morgan fingerprint density at radius 2 is 1.86 bits per heavy atom. The number of aromatic carboxylic acids is 1. The van der Waals surface area contributed by atoms with E-state index >= 15 is 0 Å². The number of hydrogen-bond acceptors (Lipinski definition) is 3. The number of nitrogens with two attached hydrogens (primary N) is 2. The molecule has 2 aromatic carbocycles. The average Bonchev–Trinajstić information content (AvgIpc) is 2.46. The van der Waals surface area contributed by atoms with Gasteiger partial charge in [0.15, 0.2) is 5.96 Å². The van der Waals surface area contributed by atoms with Gasteiger partial charge in [0.2, 0.25) is 0 Å². The van der Waals surface area contributed by atoms with Gasteiger partial charge in [-0.2, -0.15) is 0 Å². The minimum absolute atomic E-state index is 0.0981. The number of carboxylic acid groups (broad SMARTS) is 1. The van der Waals surface area contributed by atoms with Crippen LogP contribution < -0.4 is 11.5 Å². The Morgan fingerprint density at radius 1 is 1.14 bits per heavy atom. The molecule has 0 aliphatic carbocycles. The van der Waals surface area contributed by atoms with E-state index in [0.29, 0.717) is 5.69 Å². The fourth-order valence-electron chi connectivity index (χ4n) is 1.73. The predicted molar refractivity (Wildman–Crippen MR) is 84.9 cm³/mol. The fourth-order valence-corrected chi connectivity index (χ4v) is 2.67. The van der Waals surface area contributed by atoms with Crippen LogP contribution in [0.4, 0.5) is 5.69 Å².